The van der Waals surface area contributed by atoms with E-state index >= 15 is 0 Å². The maximum Gasteiger partial charge on any atom is 0.255 e. The van der Waals surface area contributed by atoms with Crippen LogP contribution < -0.4 is 5.56 Å². The molecule has 0 spiro atoms. The molecule has 122 valence electrons. The fraction of sp³-hybridized carbons (Fsp3) is 0.412. The molecule has 1 aromatic carbocycles. The Balaban J connectivity index is 1.83. The van der Waals surface area contributed by atoms with Crippen LogP contribution >= 0.6 is 11.6 Å². The van der Waals surface area contributed by atoms with Crippen molar-refractivity contribution in [3.63, 3.8) is 0 Å². The molecule has 1 aromatic heterocycles. The maximum atomic E-state index is 12.3. The van der Waals surface area contributed by atoms with Crippen LogP contribution in [0.15, 0.2) is 23.0 Å². The van der Waals surface area contributed by atoms with Crippen LogP contribution in [0.3, 0.4) is 0 Å². The number of para-hydroxylation sites is 1. The molecule has 5 nitrogen and oxygen atoms in total. The minimum absolute atomic E-state index is 0.0567. The van der Waals surface area contributed by atoms with Crippen LogP contribution in [0, 0.1) is 0 Å². The van der Waals surface area contributed by atoms with E-state index in [1.807, 2.05) is 26.0 Å². The van der Waals surface area contributed by atoms with Crippen LogP contribution in [0.5, 0.6) is 5.75 Å². The molecule has 0 aliphatic carbocycles. The molecule has 3 rings (SSSR count). The van der Waals surface area contributed by atoms with Crippen LogP contribution in [0.4, 0.5) is 0 Å². The molecule has 0 atom stereocenters. The zero-order valence-corrected chi connectivity index (χ0v) is 14.0. The number of phenols is 1. The standard InChI is InChI=1S/C17H20ClN3O2/c1-10(2)16-19-14-6-7-21(9-12(14)17(23)20-16)8-11-4-3-5-13(18)15(11)22/h3-5,10,22H,6-9H2,1-2H3,(H,19,20,23). The predicted molar refractivity (Wildman–Crippen MR) is 89.9 cm³/mol. The van der Waals surface area contributed by atoms with E-state index in [1.54, 1.807) is 6.07 Å². The summed E-state index contributed by atoms with van der Waals surface area (Å²) in [5.41, 5.74) is 2.33. The summed E-state index contributed by atoms with van der Waals surface area (Å²) in [6.45, 7) is 5.91. The third kappa shape index (κ3) is 3.26. The highest BCUT2D eigenvalue weighted by Crippen LogP contribution is 2.29. The van der Waals surface area contributed by atoms with Gasteiger partial charge in [0.05, 0.1) is 16.3 Å². The van der Waals surface area contributed by atoms with Gasteiger partial charge in [-0.3, -0.25) is 9.69 Å². The molecule has 23 heavy (non-hydrogen) atoms. The lowest BCUT2D eigenvalue weighted by molar-refractivity contribution is 0.238. The van der Waals surface area contributed by atoms with Crippen LogP contribution in [-0.2, 0) is 19.5 Å². The number of fused-ring (bicyclic) bond motifs is 1. The summed E-state index contributed by atoms with van der Waals surface area (Å²) in [7, 11) is 0. The third-order valence-corrected chi connectivity index (χ3v) is 4.48. The maximum absolute atomic E-state index is 12.3. The van der Waals surface area contributed by atoms with E-state index in [9.17, 15) is 9.90 Å². The molecule has 0 radical (unpaired) electrons. The highest BCUT2D eigenvalue weighted by Gasteiger charge is 2.22. The Morgan fingerprint density at radius 2 is 2.22 bits per heavy atom. The number of phenolic OH excluding ortho intramolecular Hbond substituents is 1. The average Bonchev–Trinajstić information content (AvgIpc) is 2.52. The number of hydrogen-bond acceptors (Lipinski definition) is 4. The van der Waals surface area contributed by atoms with Gasteiger partial charge in [-0.15, -0.1) is 0 Å². The van der Waals surface area contributed by atoms with Gasteiger partial charge in [-0.2, -0.15) is 0 Å². The lowest BCUT2D eigenvalue weighted by atomic mass is 10.0. The van der Waals surface area contributed by atoms with Gasteiger partial charge in [0, 0.05) is 37.5 Å². The van der Waals surface area contributed by atoms with Gasteiger partial charge in [-0.1, -0.05) is 37.6 Å². The second-order valence-electron chi connectivity index (χ2n) is 6.24. The average molecular weight is 334 g/mol. The van der Waals surface area contributed by atoms with E-state index in [-0.39, 0.29) is 17.2 Å². The zero-order valence-electron chi connectivity index (χ0n) is 13.3. The zero-order chi connectivity index (χ0) is 16.6. The van der Waals surface area contributed by atoms with E-state index in [0.717, 1.165) is 35.6 Å². The summed E-state index contributed by atoms with van der Waals surface area (Å²) in [6, 6.07) is 5.33. The Morgan fingerprint density at radius 1 is 1.43 bits per heavy atom. The van der Waals surface area contributed by atoms with Gasteiger partial charge in [0.25, 0.3) is 5.56 Å². The number of benzene rings is 1. The molecule has 0 amide bonds. The Bertz CT molecular complexity index is 786. The minimum Gasteiger partial charge on any atom is -0.506 e. The molecule has 2 aromatic rings. The number of hydrogen-bond donors (Lipinski definition) is 2. The van der Waals surface area contributed by atoms with Crippen molar-refractivity contribution < 1.29 is 5.11 Å². The molecule has 2 heterocycles. The summed E-state index contributed by atoms with van der Waals surface area (Å²) >= 11 is 5.95. The fourth-order valence-corrected chi connectivity index (χ4v) is 3.03. The van der Waals surface area contributed by atoms with E-state index in [4.69, 9.17) is 11.6 Å². The van der Waals surface area contributed by atoms with Crippen molar-refractivity contribution in [2.24, 2.45) is 0 Å². The molecule has 6 heteroatoms. The number of aromatic nitrogens is 2. The quantitative estimate of drug-likeness (QED) is 0.906. The predicted octanol–water partition coefficient (Wildman–Crippen LogP) is 2.81. The summed E-state index contributed by atoms with van der Waals surface area (Å²) in [6.07, 6.45) is 0.736. The first kappa shape index (κ1) is 16.0. The molecule has 0 saturated carbocycles. The van der Waals surface area contributed by atoms with Gasteiger partial charge in [0.1, 0.15) is 11.6 Å². The van der Waals surface area contributed by atoms with Gasteiger partial charge in [0.15, 0.2) is 0 Å². The Kier molecular flexibility index (Phi) is 4.41. The third-order valence-electron chi connectivity index (χ3n) is 4.18. The summed E-state index contributed by atoms with van der Waals surface area (Å²) in [4.78, 5) is 21.9. The van der Waals surface area contributed by atoms with Gasteiger partial charge in [-0.25, -0.2) is 4.98 Å². The molecule has 1 aliphatic rings. The largest absolute Gasteiger partial charge is 0.506 e. The van der Waals surface area contributed by atoms with Crippen LogP contribution in [0.2, 0.25) is 5.02 Å². The first-order valence-corrected chi connectivity index (χ1v) is 8.14. The van der Waals surface area contributed by atoms with Crippen molar-refractivity contribution in [3.8, 4) is 5.75 Å². The topological polar surface area (TPSA) is 69.2 Å². The van der Waals surface area contributed by atoms with Crippen molar-refractivity contribution in [2.45, 2.75) is 39.3 Å². The molecular formula is C17H20ClN3O2. The van der Waals surface area contributed by atoms with E-state index in [0.29, 0.717) is 18.1 Å². The Morgan fingerprint density at radius 3 is 2.96 bits per heavy atom. The van der Waals surface area contributed by atoms with E-state index in [2.05, 4.69) is 14.9 Å². The highest BCUT2D eigenvalue weighted by molar-refractivity contribution is 6.32. The molecular weight excluding hydrogens is 314 g/mol. The number of aromatic amines is 1. The smallest absolute Gasteiger partial charge is 0.255 e. The highest BCUT2D eigenvalue weighted by atomic mass is 35.5. The number of aromatic hydroxyl groups is 1. The Hall–Kier alpha value is -1.85. The second kappa shape index (κ2) is 6.34. The molecule has 0 saturated heterocycles. The van der Waals surface area contributed by atoms with Crippen molar-refractivity contribution in [1.29, 1.82) is 0 Å². The number of H-pyrrole nitrogens is 1. The molecule has 2 N–H and O–H groups in total. The van der Waals surface area contributed by atoms with Crippen molar-refractivity contribution in [2.75, 3.05) is 6.54 Å². The van der Waals surface area contributed by atoms with Crippen LogP contribution in [-0.4, -0.2) is 26.5 Å². The van der Waals surface area contributed by atoms with Crippen molar-refractivity contribution in [1.82, 2.24) is 14.9 Å². The molecule has 0 fully saturated rings. The summed E-state index contributed by atoms with van der Waals surface area (Å²) in [5, 5.41) is 10.4. The number of rotatable bonds is 3. The van der Waals surface area contributed by atoms with E-state index in [1.165, 1.54) is 0 Å². The number of halogens is 1. The van der Waals surface area contributed by atoms with Gasteiger partial charge >= 0.3 is 0 Å². The number of nitrogens with zero attached hydrogens (tertiary/aromatic N) is 2. The van der Waals surface area contributed by atoms with Gasteiger partial charge < -0.3 is 10.1 Å². The lowest BCUT2D eigenvalue weighted by Crippen LogP contribution is -2.36. The van der Waals surface area contributed by atoms with Crippen LogP contribution in [0.1, 0.15) is 42.4 Å². The van der Waals surface area contributed by atoms with Crippen molar-refractivity contribution >= 4 is 11.6 Å². The molecule has 0 bridgehead atoms. The van der Waals surface area contributed by atoms with Crippen LogP contribution in [0.25, 0.3) is 0 Å². The van der Waals surface area contributed by atoms with E-state index < -0.39 is 0 Å². The molecule has 0 unspecified atom stereocenters. The first-order valence-electron chi connectivity index (χ1n) is 7.76. The van der Waals surface area contributed by atoms with Gasteiger partial charge in [-0.05, 0) is 6.07 Å². The number of nitrogens with one attached hydrogen (secondary N) is 1. The first-order chi connectivity index (χ1) is 11.0. The van der Waals surface area contributed by atoms with Crippen molar-refractivity contribution in [3.05, 3.63) is 56.2 Å². The van der Waals surface area contributed by atoms with Gasteiger partial charge in [0.2, 0.25) is 0 Å². The molecule has 1 aliphatic heterocycles. The summed E-state index contributed by atoms with van der Waals surface area (Å²) < 4.78 is 0. The summed E-state index contributed by atoms with van der Waals surface area (Å²) in [5.74, 6) is 1.06. The minimum atomic E-state index is -0.0567. The second-order valence-corrected chi connectivity index (χ2v) is 6.65. The monoisotopic (exact) mass is 333 g/mol. The normalized spacial score (nSPS) is 15.0. The fourth-order valence-electron chi connectivity index (χ4n) is 2.84. The lowest BCUT2D eigenvalue weighted by Gasteiger charge is -2.28. The SMILES string of the molecule is CC(C)c1nc2c(c(=O)[nH]1)CN(Cc1cccc(Cl)c1O)CC2. The Labute approximate surface area is 139 Å².